The van der Waals surface area contributed by atoms with E-state index in [2.05, 4.69) is 31.6 Å². The molecule has 2 fully saturated rings. The van der Waals surface area contributed by atoms with Crippen LogP contribution in [-0.2, 0) is 4.74 Å². The molecule has 0 spiro atoms. The first kappa shape index (κ1) is 23.8. The summed E-state index contributed by atoms with van der Waals surface area (Å²) in [6.45, 7) is 4.61. The summed E-state index contributed by atoms with van der Waals surface area (Å²) in [5.41, 5.74) is 2.74. The first-order valence-corrected chi connectivity index (χ1v) is 13.1. The average Bonchev–Trinajstić information content (AvgIpc) is 3.41. The predicted octanol–water partition coefficient (Wildman–Crippen LogP) is 5.42. The van der Waals surface area contributed by atoms with Crippen molar-refractivity contribution in [2.75, 3.05) is 43.5 Å². The van der Waals surface area contributed by atoms with E-state index in [1.54, 1.807) is 12.4 Å². The number of ether oxygens (including phenoxy) is 1. The molecule has 2 N–H and O–H groups in total. The molecule has 0 atom stereocenters. The van der Waals surface area contributed by atoms with Crippen LogP contribution in [0.15, 0.2) is 30.1 Å². The molecule has 5 rings (SSSR count). The van der Waals surface area contributed by atoms with E-state index in [1.165, 1.54) is 44.3 Å². The Morgan fingerprint density at radius 1 is 1.06 bits per heavy atom. The second kappa shape index (κ2) is 11.2. The van der Waals surface area contributed by atoms with Crippen LogP contribution in [0.2, 0.25) is 10.2 Å². The van der Waals surface area contributed by atoms with Crippen molar-refractivity contribution in [2.45, 2.75) is 57.0 Å². The van der Waals surface area contributed by atoms with Gasteiger partial charge in [-0.3, -0.25) is 0 Å². The molecular weight excluding hydrogens is 471 g/mol. The number of anilines is 2. The topological polar surface area (TPSA) is 75.2 Å². The van der Waals surface area contributed by atoms with E-state index >= 15 is 0 Å². The molecule has 34 heavy (non-hydrogen) atoms. The van der Waals surface area contributed by atoms with Crippen molar-refractivity contribution in [3.8, 4) is 11.3 Å². The molecule has 0 radical (unpaired) electrons. The van der Waals surface area contributed by atoms with E-state index < -0.39 is 0 Å². The monoisotopic (exact) mass is 502 g/mol. The van der Waals surface area contributed by atoms with E-state index in [0.29, 0.717) is 40.9 Å². The summed E-state index contributed by atoms with van der Waals surface area (Å²) in [6, 6.07) is 3.15. The van der Waals surface area contributed by atoms with Gasteiger partial charge >= 0.3 is 0 Å². The first-order chi connectivity index (χ1) is 16.7. The number of rotatable bonds is 7. The van der Waals surface area contributed by atoms with Crippen LogP contribution < -0.4 is 10.6 Å². The van der Waals surface area contributed by atoms with Gasteiger partial charge in [0.2, 0.25) is 0 Å². The molecule has 1 aliphatic carbocycles. The average molecular weight is 503 g/mol. The zero-order valence-corrected chi connectivity index (χ0v) is 20.9. The normalized spacial score (nSPS) is 23.5. The van der Waals surface area contributed by atoms with Crippen LogP contribution in [0.4, 0.5) is 11.6 Å². The largest absolute Gasteiger partial charge is 0.377 e. The third-order valence-electron chi connectivity index (χ3n) is 7.11. The number of hydrogen-bond donors (Lipinski definition) is 2. The highest BCUT2D eigenvalue weighted by molar-refractivity contribution is 6.33. The molecule has 0 aromatic carbocycles. The van der Waals surface area contributed by atoms with E-state index in [9.17, 15) is 0 Å². The molecule has 2 aromatic heterocycles. The maximum Gasteiger partial charge on any atom is 0.171 e. The smallest absolute Gasteiger partial charge is 0.171 e. The van der Waals surface area contributed by atoms with Gasteiger partial charge in [-0.1, -0.05) is 34.9 Å². The summed E-state index contributed by atoms with van der Waals surface area (Å²) in [7, 11) is 0. The van der Waals surface area contributed by atoms with Gasteiger partial charge in [-0.05, 0) is 64.1 Å². The fourth-order valence-electron chi connectivity index (χ4n) is 5.15. The number of nitrogens with one attached hydrogen (secondary N) is 2. The highest BCUT2D eigenvalue weighted by Gasteiger charge is 2.27. The number of aromatic nitrogens is 3. The van der Waals surface area contributed by atoms with Gasteiger partial charge in [0.25, 0.3) is 0 Å². The molecule has 0 amide bonds. The Labute approximate surface area is 211 Å². The Morgan fingerprint density at radius 2 is 1.88 bits per heavy atom. The van der Waals surface area contributed by atoms with Crippen LogP contribution in [0, 0.1) is 0 Å². The van der Waals surface area contributed by atoms with Crippen LogP contribution in [0.5, 0.6) is 0 Å². The predicted molar refractivity (Wildman–Crippen MR) is 138 cm³/mol. The van der Waals surface area contributed by atoms with Crippen LogP contribution in [-0.4, -0.2) is 64.8 Å². The molecule has 7 nitrogen and oxygen atoms in total. The quantitative estimate of drug-likeness (QED) is 0.489. The van der Waals surface area contributed by atoms with Gasteiger partial charge in [0.1, 0.15) is 5.82 Å². The summed E-state index contributed by atoms with van der Waals surface area (Å²) in [4.78, 5) is 16.3. The highest BCUT2D eigenvalue weighted by Crippen LogP contribution is 2.32. The number of pyridine rings is 1. The fourth-order valence-corrected chi connectivity index (χ4v) is 5.51. The molecule has 3 aliphatic rings. The van der Waals surface area contributed by atoms with Gasteiger partial charge in [-0.25, -0.2) is 15.0 Å². The lowest BCUT2D eigenvalue weighted by Gasteiger charge is -2.35. The van der Waals surface area contributed by atoms with E-state index in [-0.39, 0.29) is 0 Å². The second-order valence-electron chi connectivity index (χ2n) is 9.38. The number of nitrogens with zero attached hydrogens (tertiary/aromatic N) is 4. The van der Waals surface area contributed by atoms with Crippen molar-refractivity contribution in [3.63, 3.8) is 0 Å². The third-order valence-corrected chi connectivity index (χ3v) is 7.68. The minimum atomic E-state index is 0.342. The number of likely N-dealkylation sites (tertiary alicyclic amines) is 1. The summed E-state index contributed by atoms with van der Waals surface area (Å²) < 4.78 is 5.37. The van der Waals surface area contributed by atoms with Crippen LogP contribution >= 0.6 is 23.2 Å². The molecule has 0 bridgehead atoms. The maximum absolute atomic E-state index is 6.52. The van der Waals surface area contributed by atoms with Crippen molar-refractivity contribution in [1.82, 2.24) is 19.9 Å². The Morgan fingerprint density at radius 3 is 2.65 bits per heavy atom. The van der Waals surface area contributed by atoms with Crippen molar-refractivity contribution in [1.29, 1.82) is 0 Å². The zero-order chi connectivity index (χ0) is 23.3. The Bertz CT molecular complexity index is 1020. The molecule has 182 valence electrons. The first-order valence-electron chi connectivity index (χ1n) is 12.3. The van der Waals surface area contributed by atoms with Gasteiger partial charge in [0.15, 0.2) is 11.0 Å². The summed E-state index contributed by atoms with van der Waals surface area (Å²) in [5, 5.41) is 7.82. The van der Waals surface area contributed by atoms with Gasteiger partial charge in [0, 0.05) is 30.4 Å². The lowest BCUT2D eigenvalue weighted by Crippen LogP contribution is -2.38. The SMILES string of the molecule is Clc1cnc(NC2CCC(N3CCCC3)CC2)cc1-c1cnc(Cl)c(NCC2=CCOCC2)n1. The lowest BCUT2D eigenvalue weighted by molar-refractivity contribution is 0.154. The van der Waals surface area contributed by atoms with Crippen LogP contribution in [0.25, 0.3) is 11.3 Å². The number of hydrogen-bond acceptors (Lipinski definition) is 7. The maximum atomic E-state index is 6.52. The molecule has 2 aliphatic heterocycles. The zero-order valence-electron chi connectivity index (χ0n) is 19.4. The molecular formula is C25H32Cl2N6O. The fraction of sp³-hybridized carbons (Fsp3) is 0.560. The van der Waals surface area contributed by atoms with Crippen LogP contribution in [0.3, 0.4) is 0 Å². The minimum Gasteiger partial charge on any atom is -0.377 e. The molecule has 0 unspecified atom stereocenters. The van der Waals surface area contributed by atoms with Crippen LogP contribution in [0.1, 0.15) is 44.9 Å². The highest BCUT2D eigenvalue weighted by atomic mass is 35.5. The van der Waals surface area contributed by atoms with Gasteiger partial charge in [0.05, 0.1) is 30.1 Å². The summed E-state index contributed by atoms with van der Waals surface area (Å²) >= 11 is 12.8. The van der Waals surface area contributed by atoms with Gasteiger partial charge in [-0.15, -0.1) is 0 Å². The van der Waals surface area contributed by atoms with E-state index in [1.807, 2.05) is 6.07 Å². The molecule has 4 heterocycles. The Balaban J connectivity index is 1.25. The number of halogens is 2. The van der Waals surface area contributed by atoms with Gasteiger partial charge < -0.3 is 20.3 Å². The van der Waals surface area contributed by atoms with Crippen molar-refractivity contribution in [3.05, 3.63) is 40.3 Å². The summed E-state index contributed by atoms with van der Waals surface area (Å²) in [6.07, 6.45) is 13.9. The lowest BCUT2D eigenvalue weighted by atomic mass is 9.90. The third kappa shape index (κ3) is 5.82. The summed E-state index contributed by atoms with van der Waals surface area (Å²) in [5.74, 6) is 1.37. The molecule has 1 saturated heterocycles. The second-order valence-corrected chi connectivity index (χ2v) is 10.1. The van der Waals surface area contributed by atoms with Crippen molar-refractivity contribution >= 4 is 34.8 Å². The molecule has 2 aromatic rings. The van der Waals surface area contributed by atoms with Crippen molar-refractivity contribution in [2.24, 2.45) is 0 Å². The Hall–Kier alpha value is -1.93. The van der Waals surface area contributed by atoms with Gasteiger partial charge in [-0.2, -0.15) is 0 Å². The minimum absolute atomic E-state index is 0.342. The van der Waals surface area contributed by atoms with E-state index in [4.69, 9.17) is 32.9 Å². The van der Waals surface area contributed by atoms with E-state index in [0.717, 1.165) is 43.3 Å². The molecule has 9 heteroatoms. The standard InChI is InChI=1S/C25H32Cl2N6O/c26-21-15-28-23(31-18-3-5-19(6-4-18)33-9-1-2-10-33)13-20(21)22-16-29-24(27)25(32-22)30-14-17-7-11-34-12-8-17/h7,13,15-16,18-19H,1-6,8-12,14H2,(H,28,31)(H,30,32). The Kier molecular flexibility index (Phi) is 7.84. The van der Waals surface area contributed by atoms with Crippen molar-refractivity contribution < 1.29 is 4.74 Å². The molecule has 1 saturated carbocycles.